The van der Waals surface area contributed by atoms with Gasteiger partial charge in [0.2, 0.25) is 0 Å². The van der Waals surface area contributed by atoms with Crippen LogP contribution in [-0.2, 0) is 4.79 Å². The monoisotopic (exact) mass is 314 g/mol. The number of carboxylic acids is 1. The number of hydrogen-bond donors (Lipinski definition) is 1. The van der Waals surface area contributed by atoms with Crippen molar-refractivity contribution in [3.05, 3.63) is 35.9 Å². The van der Waals surface area contributed by atoms with Crippen molar-refractivity contribution in [3.63, 3.8) is 0 Å². The molecule has 0 aliphatic rings. The van der Waals surface area contributed by atoms with Crippen molar-refractivity contribution in [2.45, 2.75) is 88.5 Å². The van der Waals surface area contributed by atoms with Gasteiger partial charge in [-0.05, 0) is 12.0 Å². The fraction of sp³-hybridized carbons (Fsp3) is 0.650. The van der Waals surface area contributed by atoms with Gasteiger partial charge in [0.15, 0.2) is 0 Å². The molecular weight excluding hydrogens is 272 g/mol. The Balaban J connectivity index is -0.0000000822. The maximum atomic E-state index is 10.7. The van der Waals surface area contributed by atoms with E-state index in [0.29, 0.717) is 6.42 Å². The average molecular weight is 315 g/mol. The van der Waals surface area contributed by atoms with Crippen LogP contribution in [0.3, 0.4) is 0 Å². The highest BCUT2D eigenvalue weighted by molar-refractivity contribution is 5.75. The topological polar surface area (TPSA) is 37.3 Å². The van der Waals surface area contributed by atoms with Crippen LogP contribution < -0.4 is 0 Å². The summed E-state index contributed by atoms with van der Waals surface area (Å²) < 4.78 is 0. The smallest absolute Gasteiger partial charge is 0.310 e. The predicted octanol–water partition coefficient (Wildman–Crippen LogP) is 7.40. The molecule has 2 nitrogen and oxygen atoms in total. The zero-order chi connectivity index (χ0) is 19.0. The largest absolute Gasteiger partial charge is 0.481 e. The Labute approximate surface area is 141 Å². The number of carboxylic acid groups (broad SMARTS) is 1. The molecule has 0 aromatic heterocycles. The quantitative estimate of drug-likeness (QED) is 0.631. The van der Waals surface area contributed by atoms with Crippen molar-refractivity contribution in [1.82, 2.24) is 0 Å². The Kier molecular flexibility index (Phi) is 54.4. The van der Waals surface area contributed by atoms with Crippen LogP contribution in [0, 0.1) is 0 Å². The Bertz CT molecular complexity index is 256. The van der Waals surface area contributed by atoms with Crippen LogP contribution in [0.15, 0.2) is 30.3 Å². The van der Waals surface area contributed by atoms with Gasteiger partial charge in [-0.2, -0.15) is 0 Å². The number of benzene rings is 1. The molecule has 0 heterocycles. The molecule has 0 spiro atoms. The van der Waals surface area contributed by atoms with E-state index in [1.54, 1.807) is 0 Å². The maximum absolute atomic E-state index is 10.7. The van der Waals surface area contributed by atoms with Crippen molar-refractivity contribution < 1.29 is 9.90 Å². The Morgan fingerprint density at radius 2 is 1.14 bits per heavy atom. The normalized spacial score (nSPS) is 8.14. The summed E-state index contributed by atoms with van der Waals surface area (Å²) in [6.45, 7) is 21.9. The molecule has 134 valence electrons. The Morgan fingerprint density at radius 3 is 1.36 bits per heavy atom. The lowest BCUT2D eigenvalue weighted by atomic mass is 9.97. The first-order valence-corrected chi connectivity index (χ1v) is 9.03. The second kappa shape index (κ2) is 36.7. The van der Waals surface area contributed by atoms with Crippen LogP contribution in [0.4, 0.5) is 0 Å². The second-order valence-corrected chi connectivity index (χ2v) is 2.71. The standard InChI is InChI=1S/C10H12O2.5C2H6/c1-2-9(10(11)12)8-6-4-3-5-7-8;5*1-2/h3-7,9H,2H2,1H3,(H,11,12);5*1-2H3. The zero-order valence-electron chi connectivity index (χ0n) is 17.0. The van der Waals surface area contributed by atoms with Gasteiger partial charge in [-0.15, -0.1) is 0 Å². The van der Waals surface area contributed by atoms with E-state index < -0.39 is 5.97 Å². The van der Waals surface area contributed by atoms with Crippen LogP contribution in [-0.4, -0.2) is 11.1 Å². The van der Waals surface area contributed by atoms with E-state index in [0.717, 1.165) is 5.56 Å². The van der Waals surface area contributed by atoms with E-state index in [4.69, 9.17) is 5.11 Å². The highest BCUT2D eigenvalue weighted by Gasteiger charge is 2.16. The lowest BCUT2D eigenvalue weighted by Crippen LogP contribution is -2.09. The van der Waals surface area contributed by atoms with Gasteiger partial charge in [0.25, 0.3) is 0 Å². The summed E-state index contributed by atoms with van der Waals surface area (Å²) in [5, 5.41) is 8.83. The SMILES string of the molecule is CC.CC.CC.CC.CC.CCC(C(=O)O)c1ccccc1. The Hall–Kier alpha value is -1.31. The molecule has 1 aromatic rings. The Morgan fingerprint density at radius 1 is 0.818 bits per heavy atom. The lowest BCUT2D eigenvalue weighted by molar-refractivity contribution is -0.138. The van der Waals surface area contributed by atoms with Crippen LogP contribution in [0.1, 0.15) is 94.1 Å². The van der Waals surface area contributed by atoms with Gasteiger partial charge in [0.05, 0.1) is 5.92 Å². The molecule has 2 heteroatoms. The van der Waals surface area contributed by atoms with Crippen molar-refractivity contribution >= 4 is 5.97 Å². The van der Waals surface area contributed by atoms with Gasteiger partial charge in [0.1, 0.15) is 0 Å². The molecule has 0 radical (unpaired) electrons. The minimum Gasteiger partial charge on any atom is -0.481 e. The molecule has 1 N–H and O–H groups in total. The molecule has 0 saturated heterocycles. The van der Waals surface area contributed by atoms with E-state index in [1.165, 1.54) is 0 Å². The minimum absolute atomic E-state index is 0.355. The van der Waals surface area contributed by atoms with Crippen LogP contribution in [0.5, 0.6) is 0 Å². The number of aliphatic carboxylic acids is 1. The van der Waals surface area contributed by atoms with E-state index in [-0.39, 0.29) is 5.92 Å². The van der Waals surface area contributed by atoms with Crippen LogP contribution in [0.25, 0.3) is 0 Å². The second-order valence-electron chi connectivity index (χ2n) is 2.71. The van der Waals surface area contributed by atoms with Gasteiger partial charge in [-0.3, -0.25) is 4.79 Å². The molecule has 0 saturated carbocycles. The van der Waals surface area contributed by atoms with Crippen molar-refractivity contribution in [1.29, 1.82) is 0 Å². The molecule has 0 aliphatic heterocycles. The van der Waals surface area contributed by atoms with Gasteiger partial charge >= 0.3 is 5.97 Å². The van der Waals surface area contributed by atoms with E-state index in [9.17, 15) is 4.79 Å². The third-order valence-corrected chi connectivity index (χ3v) is 1.91. The summed E-state index contributed by atoms with van der Waals surface area (Å²) >= 11 is 0. The van der Waals surface area contributed by atoms with Crippen molar-refractivity contribution in [2.24, 2.45) is 0 Å². The summed E-state index contributed by atoms with van der Waals surface area (Å²) in [6.07, 6.45) is 0.638. The van der Waals surface area contributed by atoms with E-state index in [1.807, 2.05) is 106 Å². The number of carbonyl (C=O) groups is 1. The highest BCUT2D eigenvalue weighted by Crippen LogP contribution is 2.18. The van der Waals surface area contributed by atoms with Crippen LogP contribution in [0.2, 0.25) is 0 Å². The summed E-state index contributed by atoms with van der Waals surface area (Å²) in [6, 6.07) is 9.31. The third kappa shape index (κ3) is 21.0. The minimum atomic E-state index is -0.747. The van der Waals surface area contributed by atoms with Crippen molar-refractivity contribution in [2.75, 3.05) is 0 Å². The van der Waals surface area contributed by atoms with Gasteiger partial charge in [0, 0.05) is 0 Å². The molecule has 1 rings (SSSR count). The molecule has 0 aliphatic carbocycles. The summed E-state index contributed by atoms with van der Waals surface area (Å²) in [4.78, 5) is 10.7. The molecule has 0 fully saturated rings. The lowest BCUT2D eigenvalue weighted by Gasteiger charge is -2.08. The van der Waals surface area contributed by atoms with Gasteiger partial charge < -0.3 is 5.11 Å². The molecule has 22 heavy (non-hydrogen) atoms. The molecule has 0 amide bonds. The predicted molar refractivity (Wildman–Crippen MR) is 104 cm³/mol. The first-order chi connectivity index (χ1) is 10.8. The highest BCUT2D eigenvalue weighted by atomic mass is 16.4. The van der Waals surface area contributed by atoms with Crippen molar-refractivity contribution in [3.8, 4) is 0 Å². The first kappa shape index (κ1) is 32.6. The molecule has 1 unspecified atom stereocenters. The van der Waals surface area contributed by atoms with E-state index in [2.05, 4.69) is 0 Å². The molecular formula is C20H42O2. The number of hydrogen-bond acceptors (Lipinski definition) is 1. The fourth-order valence-corrected chi connectivity index (χ4v) is 1.24. The first-order valence-electron chi connectivity index (χ1n) is 9.03. The number of rotatable bonds is 3. The zero-order valence-corrected chi connectivity index (χ0v) is 17.0. The summed E-state index contributed by atoms with van der Waals surface area (Å²) in [5.41, 5.74) is 0.882. The third-order valence-electron chi connectivity index (χ3n) is 1.91. The van der Waals surface area contributed by atoms with E-state index >= 15 is 0 Å². The summed E-state index contributed by atoms with van der Waals surface area (Å²) in [5.74, 6) is -1.10. The van der Waals surface area contributed by atoms with Gasteiger partial charge in [-0.1, -0.05) is 106 Å². The fourth-order valence-electron chi connectivity index (χ4n) is 1.24. The molecule has 1 aromatic carbocycles. The maximum Gasteiger partial charge on any atom is 0.310 e. The molecule has 0 bridgehead atoms. The van der Waals surface area contributed by atoms with Crippen LogP contribution >= 0.6 is 0 Å². The average Bonchev–Trinajstić information content (AvgIpc) is 2.65. The van der Waals surface area contributed by atoms with Gasteiger partial charge in [-0.25, -0.2) is 0 Å². The summed E-state index contributed by atoms with van der Waals surface area (Å²) in [7, 11) is 0. The molecule has 1 atom stereocenters.